The number of nitrogens with two attached hydrogens (primary N) is 1. The molecule has 1 aromatic rings. The maximum atomic E-state index is 12.6. The molecule has 0 saturated heterocycles. The number of methoxy groups -OCH3 is 2. The highest BCUT2D eigenvalue weighted by molar-refractivity contribution is 7.54. The van der Waals surface area contributed by atoms with Gasteiger partial charge < -0.3 is 24.3 Å². The molecule has 0 aliphatic carbocycles. The summed E-state index contributed by atoms with van der Waals surface area (Å²) in [5.74, 6) is 0.216. The third-order valence-corrected chi connectivity index (χ3v) is 4.92. The van der Waals surface area contributed by atoms with Crippen LogP contribution in [0.25, 0.3) is 0 Å². The fourth-order valence-electron chi connectivity index (χ4n) is 1.78. The Labute approximate surface area is 119 Å². The second-order valence-electron chi connectivity index (χ2n) is 3.93. The van der Waals surface area contributed by atoms with Crippen LogP contribution in [0.15, 0.2) is 18.2 Å². The Bertz CT molecular complexity index is 470. The van der Waals surface area contributed by atoms with Crippen molar-refractivity contribution in [3.63, 3.8) is 0 Å². The molecule has 0 aliphatic heterocycles. The van der Waals surface area contributed by atoms with Gasteiger partial charge in [0.15, 0.2) is 11.5 Å². The lowest BCUT2D eigenvalue weighted by atomic mass is 10.2. The summed E-state index contributed by atoms with van der Waals surface area (Å²) in [7, 11) is -0.335. The van der Waals surface area contributed by atoms with Gasteiger partial charge in [0.25, 0.3) is 0 Å². The van der Waals surface area contributed by atoms with Gasteiger partial charge in [-0.15, -0.1) is 0 Å². The molecule has 0 heterocycles. The smallest absolute Gasteiger partial charge is 0.351 e. The molecule has 2 N–H and O–H groups in total. The predicted octanol–water partition coefficient (Wildman–Crippen LogP) is 2.93. The van der Waals surface area contributed by atoms with Crippen LogP contribution in [0, 0.1) is 0 Å². The fraction of sp³-hybridized carbons (Fsp3) is 0.538. The topological polar surface area (TPSA) is 80.0 Å². The van der Waals surface area contributed by atoms with Crippen molar-refractivity contribution >= 4 is 7.60 Å². The molecule has 0 radical (unpaired) electrons. The van der Waals surface area contributed by atoms with Crippen molar-refractivity contribution in [3.8, 4) is 11.5 Å². The van der Waals surface area contributed by atoms with Gasteiger partial charge in [0.05, 0.1) is 27.4 Å². The Balaban J connectivity index is 3.11. The predicted molar refractivity (Wildman–Crippen MR) is 77.3 cm³/mol. The van der Waals surface area contributed by atoms with Gasteiger partial charge in [0.1, 0.15) is 5.78 Å². The highest BCUT2D eigenvalue weighted by Crippen LogP contribution is 2.58. The van der Waals surface area contributed by atoms with Gasteiger partial charge in [-0.1, -0.05) is 6.07 Å². The van der Waals surface area contributed by atoms with Crippen LogP contribution in [0.1, 0.15) is 25.2 Å². The van der Waals surface area contributed by atoms with Crippen molar-refractivity contribution in [2.75, 3.05) is 27.4 Å². The average Bonchev–Trinajstić information content (AvgIpc) is 2.46. The molecule has 7 heteroatoms. The van der Waals surface area contributed by atoms with Crippen LogP contribution < -0.4 is 15.2 Å². The quantitative estimate of drug-likeness (QED) is 0.744. The Hall–Kier alpha value is -1.07. The van der Waals surface area contributed by atoms with E-state index < -0.39 is 13.4 Å². The minimum atomic E-state index is -3.40. The summed E-state index contributed by atoms with van der Waals surface area (Å²) in [6, 6.07) is 5.10. The molecule has 114 valence electrons. The first kappa shape index (κ1) is 17.0. The van der Waals surface area contributed by atoms with Gasteiger partial charge in [0, 0.05) is 0 Å². The summed E-state index contributed by atoms with van der Waals surface area (Å²) < 4.78 is 33.5. The van der Waals surface area contributed by atoms with Gasteiger partial charge in [-0.05, 0) is 31.5 Å². The Morgan fingerprint density at radius 3 is 2.10 bits per heavy atom. The van der Waals surface area contributed by atoms with Gasteiger partial charge in [-0.25, -0.2) is 0 Å². The van der Waals surface area contributed by atoms with Crippen molar-refractivity contribution in [1.82, 2.24) is 0 Å². The molecule has 20 heavy (non-hydrogen) atoms. The van der Waals surface area contributed by atoms with Crippen LogP contribution in [0.4, 0.5) is 0 Å². The van der Waals surface area contributed by atoms with Gasteiger partial charge in [0.2, 0.25) is 0 Å². The molecule has 0 unspecified atom stereocenters. The standard InChI is InChI=1S/C13H22NO5P/c1-5-18-20(15,19-6-2)13(14)10-7-8-11(16-3)12(9-10)17-4/h7-9,13H,5-6,14H2,1-4H3/t13-/m0/s1. The van der Waals surface area contributed by atoms with Crippen LogP contribution in [0.2, 0.25) is 0 Å². The van der Waals surface area contributed by atoms with Crippen LogP contribution >= 0.6 is 7.60 Å². The average molecular weight is 303 g/mol. The number of hydrogen-bond acceptors (Lipinski definition) is 6. The summed E-state index contributed by atoms with van der Waals surface area (Å²) in [6.07, 6.45) is 0. The van der Waals surface area contributed by atoms with E-state index in [1.807, 2.05) is 0 Å². The number of rotatable bonds is 8. The van der Waals surface area contributed by atoms with Crippen LogP contribution in [0.5, 0.6) is 11.5 Å². The fourth-order valence-corrected chi connectivity index (χ4v) is 3.42. The van der Waals surface area contributed by atoms with Gasteiger partial charge in [-0.3, -0.25) is 4.57 Å². The van der Waals surface area contributed by atoms with E-state index in [-0.39, 0.29) is 13.2 Å². The monoisotopic (exact) mass is 303 g/mol. The van der Waals surface area contributed by atoms with Crippen molar-refractivity contribution in [3.05, 3.63) is 23.8 Å². The van der Waals surface area contributed by atoms with Gasteiger partial charge >= 0.3 is 7.60 Å². The second kappa shape index (κ2) is 7.64. The molecule has 0 amide bonds. The highest BCUT2D eigenvalue weighted by Gasteiger charge is 2.34. The van der Waals surface area contributed by atoms with Crippen LogP contribution in [-0.4, -0.2) is 27.4 Å². The molecule has 0 bridgehead atoms. The van der Waals surface area contributed by atoms with E-state index in [0.29, 0.717) is 17.1 Å². The van der Waals surface area contributed by atoms with Crippen molar-refractivity contribution in [2.45, 2.75) is 19.6 Å². The largest absolute Gasteiger partial charge is 0.493 e. The third-order valence-electron chi connectivity index (χ3n) is 2.71. The lowest BCUT2D eigenvalue weighted by Gasteiger charge is -2.24. The zero-order valence-corrected chi connectivity index (χ0v) is 13.2. The second-order valence-corrected chi connectivity index (χ2v) is 6.09. The molecule has 6 nitrogen and oxygen atoms in total. The minimum absolute atomic E-state index is 0.262. The number of ether oxygens (including phenoxy) is 2. The molecule has 1 rings (SSSR count). The first-order valence-electron chi connectivity index (χ1n) is 6.38. The molecule has 0 aromatic heterocycles. The van der Waals surface area contributed by atoms with E-state index in [1.165, 1.54) is 7.11 Å². The van der Waals surface area contributed by atoms with E-state index in [9.17, 15) is 4.57 Å². The molecular weight excluding hydrogens is 281 g/mol. The molecular formula is C13H22NO5P. The first-order chi connectivity index (χ1) is 9.52. The normalized spacial score (nSPS) is 13.1. The van der Waals surface area contributed by atoms with Gasteiger partial charge in [-0.2, -0.15) is 0 Å². The van der Waals surface area contributed by atoms with E-state index in [1.54, 1.807) is 39.2 Å². The van der Waals surface area contributed by atoms with Crippen molar-refractivity contribution < 1.29 is 23.1 Å². The Kier molecular flexibility index (Phi) is 6.49. The number of benzene rings is 1. The summed E-state index contributed by atoms with van der Waals surface area (Å²) in [5, 5.41) is 0. The molecule has 0 fully saturated rings. The van der Waals surface area contributed by atoms with E-state index >= 15 is 0 Å². The van der Waals surface area contributed by atoms with Crippen molar-refractivity contribution in [1.29, 1.82) is 0 Å². The summed E-state index contributed by atoms with van der Waals surface area (Å²) >= 11 is 0. The number of hydrogen-bond donors (Lipinski definition) is 1. The molecule has 1 aromatic carbocycles. The lowest BCUT2D eigenvalue weighted by molar-refractivity contribution is 0.212. The molecule has 1 atom stereocenters. The van der Waals surface area contributed by atoms with E-state index in [4.69, 9.17) is 24.3 Å². The van der Waals surface area contributed by atoms with E-state index in [0.717, 1.165) is 0 Å². The van der Waals surface area contributed by atoms with Crippen molar-refractivity contribution in [2.24, 2.45) is 5.73 Å². The summed E-state index contributed by atoms with van der Waals surface area (Å²) in [4.78, 5) is 0. The zero-order chi connectivity index (χ0) is 15.2. The minimum Gasteiger partial charge on any atom is -0.493 e. The van der Waals surface area contributed by atoms with Crippen LogP contribution in [-0.2, 0) is 13.6 Å². The maximum Gasteiger partial charge on any atom is 0.351 e. The zero-order valence-electron chi connectivity index (χ0n) is 12.3. The summed E-state index contributed by atoms with van der Waals surface area (Å²) in [5.41, 5.74) is 6.66. The lowest BCUT2D eigenvalue weighted by Crippen LogP contribution is -2.15. The molecule has 0 saturated carbocycles. The Morgan fingerprint density at radius 1 is 1.10 bits per heavy atom. The maximum absolute atomic E-state index is 12.6. The van der Waals surface area contributed by atoms with Crippen LogP contribution in [0.3, 0.4) is 0 Å². The summed E-state index contributed by atoms with van der Waals surface area (Å²) in [6.45, 7) is 4.01. The Morgan fingerprint density at radius 2 is 1.65 bits per heavy atom. The SMILES string of the molecule is CCOP(=O)(OCC)[C@H](N)c1ccc(OC)c(OC)c1. The van der Waals surface area contributed by atoms with E-state index in [2.05, 4.69) is 0 Å². The first-order valence-corrected chi connectivity index (χ1v) is 7.99. The third kappa shape index (κ3) is 3.73. The highest BCUT2D eigenvalue weighted by atomic mass is 31.2. The molecule has 0 aliphatic rings. The molecule has 0 spiro atoms.